The molecule has 10 heteroatoms. The van der Waals surface area contributed by atoms with Gasteiger partial charge in [-0.1, -0.05) is 60.1 Å². The van der Waals surface area contributed by atoms with Crippen molar-refractivity contribution in [3.8, 4) is 5.75 Å². The van der Waals surface area contributed by atoms with Crippen LogP contribution in [0.4, 0.5) is 4.79 Å². The van der Waals surface area contributed by atoms with Crippen LogP contribution in [0.2, 0.25) is 5.02 Å². The summed E-state index contributed by atoms with van der Waals surface area (Å²) in [6.45, 7) is 5.08. The quantitative estimate of drug-likeness (QED) is 0.119. The Morgan fingerprint density at radius 1 is 0.951 bits per heavy atom. The maximum absolute atomic E-state index is 12.1. The van der Waals surface area contributed by atoms with Crippen molar-refractivity contribution in [1.82, 2.24) is 14.8 Å². The first-order valence-corrected chi connectivity index (χ1v) is 14.3. The molecule has 2 amide bonds. The lowest BCUT2D eigenvalue weighted by atomic mass is 9.96. The van der Waals surface area contributed by atoms with Gasteiger partial charge in [0.25, 0.3) is 5.91 Å². The second-order valence-corrected chi connectivity index (χ2v) is 10.7. The number of piperazine rings is 1. The van der Waals surface area contributed by atoms with Crippen LogP contribution in [-0.2, 0) is 6.42 Å². The van der Waals surface area contributed by atoms with Crippen LogP contribution in [0, 0.1) is 0 Å². The maximum Gasteiger partial charge on any atom is 0.421 e. The van der Waals surface area contributed by atoms with E-state index in [1.54, 1.807) is 12.1 Å². The number of halogens is 1. The lowest BCUT2D eigenvalue weighted by molar-refractivity contribution is 0.0957. The summed E-state index contributed by atoms with van der Waals surface area (Å²) < 4.78 is 6.01. The molecule has 1 aliphatic heterocycles. The number of rotatable bonds is 13. The molecule has 4 rings (SSSR count). The highest BCUT2D eigenvalue weighted by atomic mass is 35.5. The topological polar surface area (TPSA) is 125 Å². The number of carboxylic acid groups (broad SMARTS) is 1. The van der Waals surface area contributed by atoms with Crippen LogP contribution in [-0.4, -0.2) is 77.8 Å². The highest BCUT2D eigenvalue weighted by molar-refractivity contribution is 6.30. The van der Waals surface area contributed by atoms with Gasteiger partial charge in [0, 0.05) is 44.3 Å². The van der Waals surface area contributed by atoms with Crippen LogP contribution in [0.1, 0.15) is 45.9 Å². The maximum atomic E-state index is 12.1. The Labute approximate surface area is 246 Å². The van der Waals surface area contributed by atoms with Crippen LogP contribution in [0.15, 0.2) is 72.8 Å². The number of unbranched alkanes of at least 4 members (excludes halogenated alkanes) is 1. The Morgan fingerprint density at radius 2 is 1.63 bits per heavy atom. The molecule has 3 aromatic rings. The van der Waals surface area contributed by atoms with E-state index < -0.39 is 12.0 Å². The summed E-state index contributed by atoms with van der Waals surface area (Å²) in [6, 6.07) is 24.3. The molecule has 5 N–H and O–H groups in total. The molecule has 1 heterocycles. The Kier molecular flexibility index (Phi) is 11.0. The van der Waals surface area contributed by atoms with Gasteiger partial charge in [-0.05, 0) is 60.2 Å². The molecule has 0 aliphatic carbocycles. The summed E-state index contributed by atoms with van der Waals surface area (Å²) >= 11 is 6.16. The standard InChI is InChI=1S/C31H38ClN5O4/c32-26-12-10-25(11-13-26)29(24-7-2-1-3-8-24)36-18-16-35(17-19-36)20-21-41-28-14-9-23(22-27(28)30(33)38)6-4-5-15-37(34)31(39)40/h1-3,7-14,22,29H,4-6,15-21,34H2,(H2,33,38)(H,39,40)/t29-/m1/s1. The fourth-order valence-corrected chi connectivity index (χ4v) is 5.31. The lowest BCUT2D eigenvalue weighted by Gasteiger charge is -2.39. The number of amides is 2. The number of carbonyl (C=O) groups excluding carboxylic acids is 1. The minimum absolute atomic E-state index is 0.162. The molecule has 3 aromatic carbocycles. The fraction of sp³-hybridized carbons (Fsp3) is 0.355. The van der Waals surface area contributed by atoms with Crippen LogP contribution >= 0.6 is 11.6 Å². The van der Waals surface area contributed by atoms with Gasteiger partial charge in [0.05, 0.1) is 11.6 Å². The average Bonchev–Trinajstić information content (AvgIpc) is 2.98. The van der Waals surface area contributed by atoms with Gasteiger partial charge in [-0.3, -0.25) is 14.6 Å². The van der Waals surface area contributed by atoms with Gasteiger partial charge < -0.3 is 15.6 Å². The third kappa shape index (κ3) is 8.68. The van der Waals surface area contributed by atoms with Crippen LogP contribution in [0.25, 0.3) is 0 Å². The summed E-state index contributed by atoms with van der Waals surface area (Å²) in [6.07, 6.45) is 0.873. The van der Waals surface area contributed by atoms with Gasteiger partial charge in [0.15, 0.2) is 0 Å². The molecule has 0 bridgehead atoms. The molecule has 9 nitrogen and oxygen atoms in total. The van der Waals surface area contributed by atoms with E-state index >= 15 is 0 Å². The minimum atomic E-state index is -1.15. The SMILES string of the molecule is NC(=O)c1cc(CCCCN(N)C(=O)O)ccc1OCCN1CCN([C@H](c2ccccc2)c2ccc(Cl)cc2)CC1. The van der Waals surface area contributed by atoms with E-state index in [1.165, 1.54) is 11.1 Å². The van der Waals surface area contributed by atoms with E-state index in [0.29, 0.717) is 30.8 Å². The number of ether oxygens (including phenoxy) is 1. The summed E-state index contributed by atoms with van der Waals surface area (Å²) in [7, 11) is 0. The Bertz CT molecular complexity index is 1280. The summed E-state index contributed by atoms with van der Waals surface area (Å²) in [4.78, 5) is 27.8. The van der Waals surface area contributed by atoms with Crippen molar-refractivity contribution < 1.29 is 19.4 Å². The first-order valence-electron chi connectivity index (χ1n) is 13.9. The Hall–Kier alpha value is -3.63. The van der Waals surface area contributed by atoms with E-state index in [1.807, 2.05) is 24.3 Å². The van der Waals surface area contributed by atoms with Crippen molar-refractivity contribution in [3.63, 3.8) is 0 Å². The molecule has 0 aromatic heterocycles. The van der Waals surface area contributed by atoms with Crippen molar-refractivity contribution in [2.24, 2.45) is 11.6 Å². The second kappa shape index (κ2) is 14.8. The number of hydrogen-bond donors (Lipinski definition) is 3. The van der Waals surface area contributed by atoms with Crippen LogP contribution in [0.5, 0.6) is 5.75 Å². The summed E-state index contributed by atoms with van der Waals surface area (Å²) in [5.74, 6) is 5.34. The Morgan fingerprint density at radius 3 is 2.29 bits per heavy atom. The number of aryl methyl sites for hydroxylation is 1. The highest BCUT2D eigenvalue weighted by Gasteiger charge is 2.26. The zero-order valence-electron chi connectivity index (χ0n) is 23.1. The van der Waals surface area contributed by atoms with Crippen LogP contribution < -0.4 is 16.3 Å². The first-order chi connectivity index (χ1) is 19.8. The van der Waals surface area contributed by atoms with E-state index in [9.17, 15) is 9.59 Å². The monoisotopic (exact) mass is 579 g/mol. The predicted octanol–water partition coefficient (Wildman–Crippen LogP) is 4.40. The lowest BCUT2D eigenvalue weighted by Crippen LogP contribution is -2.48. The van der Waals surface area contributed by atoms with Gasteiger partial charge in [-0.2, -0.15) is 0 Å². The minimum Gasteiger partial charge on any atom is -0.491 e. The fourth-order valence-electron chi connectivity index (χ4n) is 5.18. The third-order valence-electron chi connectivity index (χ3n) is 7.41. The molecule has 0 unspecified atom stereocenters. The average molecular weight is 580 g/mol. The van der Waals surface area contributed by atoms with Gasteiger partial charge in [-0.15, -0.1) is 0 Å². The number of carbonyl (C=O) groups is 2. The molecule has 0 radical (unpaired) electrons. The molecule has 1 atom stereocenters. The molecule has 0 spiro atoms. The van der Waals surface area contributed by atoms with Crippen molar-refractivity contribution in [2.45, 2.75) is 25.3 Å². The number of primary amides is 1. The molecule has 1 fully saturated rings. The van der Waals surface area contributed by atoms with Gasteiger partial charge in [-0.25, -0.2) is 15.6 Å². The number of hydrogen-bond acceptors (Lipinski definition) is 6. The third-order valence-corrected chi connectivity index (χ3v) is 7.66. The van der Waals surface area contributed by atoms with Crippen molar-refractivity contribution in [1.29, 1.82) is 0 Å². The molecule has 1 aliphatic rings. The first kappa shape index (κ1) is 30.3. The number of nitrogens with two attached hydrogens (primary N) is 2. The molecule has 1 saturated heterocycles. The largest absolute Gasteiger partial charge is 0.491 e. The number of benzene rings is 3. The summed E-state index contributed by atoms with van der Waals surface area (Å²) in [5, 5.41) is 10.3. The molecule has 218 valence electrons. The van der Waals surface area contributed by atoms with E-state index in [0.717, 1.165) is 54.7 Å². The van der Waals surface area contributed by atoms with Gasteiger partial charge >= 0.3 is 6.09 Å². The normalized spacial score (nSPS) is 14.9. The van der Waals surface area contributed by atoms with E-state index in [-0.39, 0.29) is 12.6 Å². The van der Waals surface area contributed by atoms with Crippen molar-refractivity contribution in [3.05, 3.63) is 100 Å². The van der Waals surface area contributed by atoms with Crippen molar-refractivity contribution >= 4 is 23.6 Å². The molecular formula is C31H38ClN5O4. The predicted molar refractivity (Wildman–Crippen MR) is 160 cm³/mol. The van der Waals surface area contributed by atoms with Crippen LogP contribution in [0.3, 0.4) is 0 Å². The zero-order chi connectivity index (χ0) is 29.2. The molecular weight excluding hydrogens is 542 g/mol. The smallest absolute Gasteiger partial charge is 0.421 e. The number of hydrazine groups is 1. The molecule has 41 heavy (non-hydrogen) atoms. The van der Waals surface area contributed by atoms with E-state index in [2.05, 4.69) is 46.2 Å². The molecule has 0 saturated carbocycles. The summed E-state index contributed by atoms with van der Waals surface area (Å²) in [5.41, 5.74) is 9.42. The Balaban J connectivity index is 1.28. The number of nitrogens with zero attached hydrogens (tertiary/aromatic N) is 3. The van der Waals surface area contributed by atoms with Gasteiger partial charge in [0.1, 0.15) is 12.4 Å². The highest BCUT2D eigenvalue weighted by Crippen LogP contribution is 2.30. The zero-order valence-corrected chi connectivity index (χ0v) is 23.9. The van der Waals surface area contributed by atoms with Gasteiger partial charge in [0.2, 0.25) is 0 Å². The van der Waals surface area contributed by atoms with Crippen molar-refractivity contribution in [2.75, 3.05) is 45.9 Å². The second-order valence-electron chi connectivity index (χ2n) is 10.2. The van der Waals surface area contributed by atoms with E-state index in [4.69, 9.17) is 33.0 Å².